The van der Waals surface area contributed by atoms with Crippen LogP contribution in [0.1, 0.15) is 25.2 Å². The number of fused-ring (bicyclic) bond motifs is 3. The van der Waals surface area contributed by atoms with Gasteiger partial charge in [0.05, 0.1) is 23.7 Å². The Kier molecular flexibility index (Phi) is 3.37. The van der Waals surface area contributed by atoms with Gasteiger partial charge in [-0.25, -0.2) is 9.97 Å². The van der Waals surface area contributed by atoms with Crippen molar-refractivity contribution in [2.24, 2.45) is 0 Å². The Bertz CT molecular complexity index is 841. The summed E-state index contributed by atoms with van der Waals surface area (Å²) in [6.45, 7) is 5.49. The third-order valence-corrected chi connectivity index (χ3v) is 3.45. The fourth-order valence-electron chi connectivity index (χ4n) is 2.39. The molecule has 0 aromatic carbocycles. The number of H-pyrrole nitrogens is 2. The minimum atomic E-state index is -0.929. The van der Waals surface area contributed by atoms with Gasteiger partial charge in [0, 0.05) is 18.1 Å². The number of nitrogens with zero attached hydrogens (tertiary/aromatic N) is 2. The minimum Gasteiger partial charge on any atom is -0.389 e. The van der Waals surface area contributed by atoms with Gasteiger partial charge in [0.15, 0.2) is 0 Å². The Labute approximate surface area is 127 Å². The summed E-state index contributed by atoms with van der Waals surface area (Å²) in [5.41, 5.74) is 2.57. The zero-order valence-electron chi connectivity index (χ0n) is 12.8. The van der Waals surface area contributed by atoms with E-state index in [9.17, 15) is 9.90 Å². The summed E-state index contributed by atoms with van der Waals surface area (Å²) >= 11 is 0. The normalized spacial score (nSPS) is 12.2. The van der Waals surface area contributed by atoms with E-state index in [1.165, 1.54) is 0 Å². The van der Waals surface area contributed by atoms with Crippen molar-refractivity contribution < 1.29 is 9.90 Å². The predicted octanol–water partition coefficient (Wildman–Crippen LogP) is 1.18. The number of aliphatic hydroxyl groups is 1. The Morgan fingerprint density at radius 2 is 2.23 bits per heavy atom. The van der Waals surface area contributed by atoms with Crippen molar-refractivity contribution in [3.63, 3.8) is 0 Å². The molecule has 0 radical (unpaired) electrons. The number of pyridine rings is 1. The first kappa shape index (κ1) is 14.5. The monoisotopic (exact) mass is 301 g/mol. The number of amides is 1. The van der Waals surface area contributed by atoms with E-state index in [-0.39, 0.29) is 18.9 Å². The molecular formula is C15H19N5O2. The molecule has 22 heavy (non-hydrogen) atoms. The number of hydrogen-bond acceptors (Lipinski definition) is 4. The van der Waals surface area contributed by atoms with Crippen LogP contribution >= 0.6 is 0 Å². The molecule has 0 fully saturated rings. The lowest BCUT2D eigenvalue weighted by atomic mass is 10.1. The first-order valence-electron chi connectivity index (χ1n) is 7.14. The summed E-state index contributed by atoms with van der Waals surface area (Å²) < 4.78 is 0. The zero-order valence-corrected chi connectivity index (χ0v) is 12.8. The largest absolute Gasteiger partial charge is 0.389 e. The summed E-state index contributed by atoms with van der Waals surface area (Å²) in [6, 6.07) is 0. The van der Waals surface area contributed by atoms with Gasteiger partial charge in [-0.2, -0.15) is 0 Å². The average Bonchev–Trinajstić information content (AvgIpc) is 2.98. The smallest absolute Gasteiger partial charge is 0.227 e. The van der Waals surface area contributed by atoms with E-state index >= 15 is 0 Å². The molecule has 116 valence electrons. The molecule has 0 aliphatic rings. The molecule has 7 nitrogen and oxygen atoms in total. The van der Waals surface area contributed by atoms with Crippen molar-refractivity contribution in [2.45, 2.75) is 32.8 Å². The minimum absolute atomic E-state index is 0.135. The maximum Gasteiger partial charge on any atom is 0.227 e. The van der Waals surface area contributed by atoms with Crippen molar-refractivity contribution in [3.8, 4) is 0 Å². The van der Waals surface area contributed by atoms with Crippen LogP contribution in [0.3, 0.4) is 0 Å². The Morgan fingerprint density at radius 1 is 1.45 bits per heavy atom. The fraction of sp³-hybridized carbons (Fsp3) is 0.400. The van der Waals surface area contributed by atoms with Gasteiger partial charge in [0.25, 0.3) is 0 Å². The van der Waals surface area contributed by atoms with E-state index in [2.05, 4.69) is 25.3 Å². The molecule has 3 aromatic heterocycles. The van der Waals surface area contributed by atoms with E-state index in [4.69, 9.17) is 0 Å². The quantitative estimate of drug-likeness (QED) is 0.580. The second kappa shape index (κ2) is 5.10. The molecule has 7 heteroatoms. The van der Waals surface area contributed by atoms with Crippen LogP contribution in [0.2, 0.25) is 0 Å². The molecular weight excluding hydrogens is 282 g/mol. The van der Waals surface area contributed by atoms with Gasteiger partial charge in [-0.15, -0.1) is 0 Å². The second-order valence-electron chi connectivity index (χ2n) is 6.16. The van der Waals surface area contributed by atoms with Gasteiger partial charge < -0.3 is 20.4 Å². The van der Waals surface area contributed by atoms with Crippen molar-refractivity contribution in [1.82, 2.24) is 25.3 Å². The van der Waals surface area contributed by atoms with Gasteiger partial charge in [0.1, 0.15) is 17.0 Å². The molecule has 3 rings (SSSR count). The first-order chi connectivity index (χ1) is 10.3. The second-order valence-corrected chi connectivity index (χ2v) is 6.16. The molecule has 0 aliphatic heterocycles. The van der Waals surface area contributed by atoms with Crippen LogP contribution < -0.4 is 5.32 Å². The van der Waals surface area contributed by atoms with Crippen molar-refractivity contribution in [2.75, 3.05) is 6.54 Å². The van der Waals surface area contributed by atoms with E-state index in [1.54, 1.807) is 20.0 Å². The van der Waals surface area contributed by atoms with Crippen LogP contribution in [-0.4, -0.2) is 43.1 Å². The average molecular weight is 301 g/mol. The Balaban J connectivity index is 1.85. The number of nitrogens with one attached hydrogen (secondary N) is 3. The van der Waals surface area contributed by atoms with Crippen molar-refractivity contribution in [1.29, 1.82) is 0 Å². The van der Waals surface area contributed by atoms with Crippen molar-refractivity contribution in [3.05, 3.63) is 23.8 Å². The molecule has 0 aliphatic carbocycles. The van der Waals surface area contributed by atoms with Crippen LogP contribution in [0.5, 0.6) is 0 Å². The highest BCUT2D eigenvalue weighted by Crippen LogP contribution is 2.24. The number of aromatic amines is 2. The molecule has 0 unspecified atom stereocenters. The number of aromatic nitrogens is 4. The lowest BCUT2D eigenvalue weighted by molar-refractivity contribution is -0.121. The van der Waals surface area contributed by atoms with E-state index in [1.807, 2.05) is 13.1 Å². The van der Waals surface area contributed by atoms with Crippen LogP contribution in [0, 0.1) is 6.92 Å². The summed E-state index contributed by atoms with van der Waals surface area (Å²) in [5.74, 6) is 0.398. The lowest BCUT2D eigenvalue weighted by Gasteiger charge is -2.17. The SMILES string of the molecule is Cc1c[nH]c2ncc3nc(CC(=O)NCC(C)(C)O)[nH]c3c12. The van der Waals surface area contributed by atoms with E-state index < -0.39 is 5.60 Å². The molecule has 1 amide bonds. The summed E-state index contributed by atoms with van der Waals surface area (Å²) in [5, 5.41) is 13.3. The number of carbonyl (C=O) groups excluding carboxylic acids is 1. The molecule has 0 bridgehead atoms. The number of imidazole rings is 1. The maximum atomic E-state index is 11.9. The third-order valence-electron chi connectivity index (χ3n) is 3.45. The Hall–Kier alpha value is -2.41. The van der Waals surface area contributed by atoms with Crippen LogP contribution in [0.4, 0.5) is 0 Å². The summed E-state index contributed by atoms with van der Waals surface area (Å²) in [7, 11) is 0. The first-order valence-corrected chi connectivity index (χ1v) is 7.14. The number of carbonyl (C=O) groups is 1. The molecule has 3 heterocycles. The molecule has 3 aromatic rings. The highest BCUT2D eigenvalue weighted by atomic mass is 16.3. The summed E-state index contributed by atoms with van der Waals surface area (Å²) in [6.07, 6.45) is 3.71. The van der Waals surface area contributed by atoms with Gasteiger partial charge in [0.2, 0.25) is 5.91 Å². The van der Waals surface area contributed by atoms with Gasteiger partial charge in [-0.3, -0.25) is 4.79 Å². The third kappa shape index (κ3) is 2.80. The van der Waals surface area contributed by atoms with E-state index in [0.717, 1.165) is 27.6 Å². The number of hydrogen-bond donors (Lipinski definition) is 4. The highest BCUT2D eigenvalue weighted by Gasteiger charge is 2.16. The van der Waals surface area contributed by atoms with Crippen molar-refractivity contribution >= 4 is 28.0 Å². The fourth-order valence-corrected chi connectivity index (χ4v) is 2.39. The topological polar surface area (TPSA) is 107 Å². The summed E-state index contributed by atoms with van der Waals surface area (Å²) in [4.78, 5) is 26.9. The maximum absolute atomic E-state index is 11.9. The molecule has 0 spiro atoms. The van der Waals surface area contributed by atoms with Crippen LogP contribution in [0.15, 0.2) is 12.4 Å². The number of rotatable bonds is 4. The zero-order chi connectivity index (χ0) is 15.9. The molecule has 4 N–H and O–H groups in total. The van der Waals surface area contributed by atoms with Gasteiger partial charge in [-0.05, 0) is 26.3 Å². The predicted molar refractivity (Wildman–Crippen MR) is 83.5 cm³/mol. The molecule has 0 atom stereocenters. The number of aryl methyl sites for hydroxylation is 1. The molecule has 0 saturated carbocycles. The van der Waals surface area contributed by atoms with Crippen LogP contribution in [0.25, 0.3) is 22.1 Å². The Morgan fingerprint density at radius 3 is 2.95 bits per heavy atom. The standard InChI is InChI=1S/C15H19N5O2/c1-8-5-16-14-12(8)13-9(6-17-14)19-10(20-13)4-11(21)18-7-15(2,3)22/h5-6,22H,4,7H2,1-3H3,(H,16,17)(H,18,21)(H,19,20). The highest BCUT2D eigenvalue weighted by molar-refractivity contribution is 6.02. The van der Waals surface area contributed by atoms with Crippen LogP contribution in [-0.2, 0) is 11.2 Å². The van der Waals surface area contributed by atoms with E-state index in [0.29, 0.717) is 5.82 Å². The molecule has 0 saturated heterocycles. The lowest BCUT2D eigenvalue weighted by Crippen LogP contribution is -2.38. The van der Waals surface area contributed by atoms with Gasteiger partial charge >= 0.3 is 0 Å². The van der Waals surface area contributed by atoms with Gasteiger partial charge in [-0.1, -0.05) is 0 Å².